The molecule has 7 nitrogen and oxygen atoms in total. The molecule has 0 aromatic heterocycles. The van der Waals surface area contributed by atoms with Gasteiger partial charge in [-0.25, -0.2) is 4.79 Å². The molecule has 180 valence electrons. The zero-order valence-electron chi connectivity index (χ0n) is 19.6. The van der Waals surface area contributed by atoms with Crippen LogP contribution >= 0.6 is 0 Å². The number of amides is 2. The van der Waals surface area contributed by atoms with Crippen molar-refractivity contribution in [1.82, 2.24) is 10.6 Å². The van der Waals surface area contributed by atoms with Crippen molar-refractivity contribution in [2.24, 2.45) is 17.8 Å². The Morgan fingerprint density at radius 1 is 1.00 bits per heavy atom. The van der Waals surface area contributed by atoms with Gasteiger partial charge in [-0.1, -0.05) is 75.2 Å². The molecule has 0 saturated heterocycles. The van der Waals surface area contributed by atoms with Crippen molar-refractivity contribution in [3.05, 3.63) is 59.7 Å². The van der Waals surface area contributed by atoms with Crippen molar-refractivity contribution in [2.75, 3.05) is 13.2 Å². The van der Waals surface area contributed by atoms with Gasteiger partial charge in [-0.3, -0.25) is 9.59 Å². The summed E-state index contributed by atoms with van der Waals surface area (Å²) in [7, 11) is 0. The fourth-order valence-corrected chi connectivity index (χ4v) is 4.64. The maximum absolute atomic E-state index is 12.8. The van der Waals surface area contributed by atoms with E-state index in [1.807, 2.05) is 38.1 Å². The molecule has 2 amide bonds. The lowest BCUT2D eigenvalue weighted by Gasteiger charge is -2.22. The smallest absolute Gasteiger partial charge is 0.407 e. The van der Waals surface area contributed by atoms with Crippen LogP contribution in [-0.4, -0.2) is 42.3 Å². The molecule has 4 rings (SSSR count). The number of carbonyl (C=O) groups is 3. The highest BCUT2D eigenvalue weighted by Crippen LogP contribution is 2.44. The Bertz CT molecular complexity index is 1020. The molecule has 2 aliphatic carbocycles. The Hall–Kier alpha value is -3.35. The molecule has 0 bridgehead atoms. The molecule has 1 fully saturated rings. The summed E-state index contributed by atoms with van der Waals surface area (Å²) in [5.41, 5.74) is 4.54. The summed E-state index contributed by atoms with van der Waals surface area (Å²) in [4.78, 5) is 36.9. The average Bonchev–Trinajstić information content (AvgIpc) is 3.57. The molecule has 34 heavy (non-hydrogen) atoms. The molecule has 0 radical (unpaired) electrons. The first-order chi connectivity index (χ1) is 16.3. The van der Waals surface area contributed by atoms with E-state index in [9.17, 15) is 19.5 Å². The highest BCUT2D eigenvalue weighted by molar-refractivity contribution is 5.86. The Labute approximate surface area is 199 Å². The van der Waals surface area contributed by atoms with Crippen LogP contribution in [0.25, 0.3) is 11.1 Å². The number of fused-ring (bicyclic) bond motifs is 3. The lowest BCUT2D eigenvalue weighted by Crippen LogP contribution is -2.49. The van der Waals surface area contributed by atoms with Crippen molar-refractivity contribution in [3.8, 4) is 11.1 Å². The van der Waals surface area contributed by atoms with Gasteiger partial charge < -0.3 is 20.5 Å². The van der Waals surface area contributed by atoms with Crippen LogP contribution in [0.15, 0.2) is 48.5 Å². The van der Waals surface area contributed by atoms with Crippen LogP contribution in [0.2, 0.25) is 0 Å². The minimum Gasteiger partial charge on any atom is -0.481 e. The predicted octanol–water partition coefficient (Wildman–Crippen LogP) is 4.17. The minimum absolute atomic E-state index is 0.0272. The van der Waals surface area contributed by atoms with Crippen molar-refractivity contribution in [2.45, 2.75) is 45.1 Å². The summed E-state index contributed by atoms with van der Waals surface area (Å²) in [6.45, 7) is 3.81. The second-order valence-corrected chi connectivity index (χ2v) is 9.64. The van der Waals surface area contributed by atoms with E-state index in [-0.39, 0.29) is 30.9 Å². The van der Waals surface area contributed by atoms with Gasteiger partial charge in [0, 0.05) is 12.5 Å². The highest BCUT2D eigenvalue weighted by atomic mass is 16.5. The summed E-state index contributed by atoms with van der Waals surface area (Å²) < 4.78 is 5.60. The van der Waals surface area contributed by atoms with E-state index >= 15 is 0 Å². The summed E-state index contributed by atoms with van der Waals surface area (Å²) in [6.07, 6.45) is 1.94. The topological polar surface area (TPSA) is 105 Å². The van der Waals surface area contributed by atoms with Gasteiger partial charge >= 0.3 is 12.1 Å². The van der Waals surface area contributed by atoms with Crippen molar-refractivity contribution >= 4 is 18.0 Å². The molecule has 2 aliphatic rings. The number of rotatable bonds is 10. The second-order valence-electron chi connectivity index (χ2n) is 9.64. The van der Waals surface area contributed by atoms with Gasteiger partial charge in [0.2, 0.25) is 5.91 Å². The normalized spacial score (nSPS) is 16.3. The number of carbonyl (C=O) groups excluding carboxylic acids is 2. The Morgan fingerprint density at radius 2 is 1.59 bits per heavy atom. The number of carboxylic acids is 1. The number of benzene rings is 2. The van der Waals surface area contributed by atoms with Gasteiger partial charge in [0.25, 0.3) is 0 Å². The SMILES string of the molecule is CC(C)C(CNC(=O)C(CC1CC1)NC(=O)OCC1c2ccccc2-c2ccccc21)C(=O)O. The third-order valence-electron chi connectivity index (χ3n) is 6.84. The number of hydrogen-bond acceptors (Lipinski definition) is 4. The molecule has 2 aromatic rings. The third kappa shape index (κ3) is 5.41. The van der Waals surface area contributed by atoms with Crippen molar-refractivity contribution in [1.29, 1.82) is 0 Å². The number of hydrogen-bond donors (Lipinski definition) is 3. The van der Waals surface area contributed by atoms with Crippen LogP contribution in [0.1, 0.15) is 50.2 Å². The zero-order chi connectivity index (χ0) is 24.2. The number of alkyl carbamates (subject to hydrolysis) is 1. The van der Waals surface area contributed by atoms with Crippen LogP contribution in [0.5, 0.6) is 0 Å². The lowest BCUT2D eigenvalue weighted by atomic mass is 9.96. The predicted molar refractivity (Wildman–Crippen MR) is 128 cm³/mol. The van der Waals surface area contributed by atoms with Gasteiger partial charge in [0.15, 0.2) is 0 Å². The molecular formula is C27H32N2O5. The standard InChI is InChI=1S/C27H32N2O5/c1-16(2)22(26(31)32)14-28-25(30)24(13-17-11-12-17)29-27(33)34-15-23-20-9-5-3-7-18(20)19-8-4-6-10-21(19)23/h3-10,16-17,22-24H,11-15H2,1-2H3,(H,28,30)(H,29,33)(H,31,32). The molecule has 2 aromatic carbocycles. The van der Waals surface area contributed by atoms with E-state index in [0.717, 1.165) is 35.1 Å². The van der Waals surface area contributed by atoms with E-state index < -0.39 is 24.0 Å². The summed E-state index contributed by atoms with van der Waals surface area (Å²) in [5, 5.41) is 14.8. The Morgan fingerprint density at radius 3 is 2.12 bits per heavy atom. The minimum atomic E-state index is -0.946. The zero-order valence-corrected chi connectivity index (χ0v) is 19.6. The van der Waals surface area contributed by atoms with E-state index in [4.69, 9.17) is 4.74 Å². The maximum atomic E-state index is 12.8. The molecule has 2 unspecified atom stereocenters. The van der Waals surface area contributed by atoms with Crippen LogP contribution in [0, 0.1) is 17.8 Å². The first-order valence-corrected chi connectivity index (χ1v) is 12.0. The largest absolute Gasteiger partial charge is 0.481 e. The molecule has 7 heteroatoms. The number of ether oxygens (including phenoxy) is 1. The third-order valence-corrected chi connectivity index (χ3v) is 6.84. The van der Waals surface area contributed by atoms with E-state index in [1.165, 1.54) is 0 Å². The van der Waals surface area contributed by atoms with Crippen LogP contribution in [0.3, 0.4) is 0 Å². The van der Waals surface area contributed by atoms with E-state index in [2.05, 4.69) is 34.9 Å². The van der Waals surface area contributed by atoms with Crippen molar-refractivity contribution < 1.29 is 24.2 Å². The average molecular weight is 465 g/mol. The fourth-order valence-electron chi connectivity index (χ4n) is 4.64. The van der Waals surface area contributed by atoms with Gasteiger partial charge in [0.1, 0.15) is 12.6 Å². The monoisotopic (exact) mass is 464 g/mol. The fraction of sp³-hybridized carbons (Fsp3) is 0.444. The summed E-state index contributed by atoms with van der Waals surface area (Å²) >= 11 is 0. The molecule has 0 aliphatic heterocycles. The number of aliphatic carboxylic acids is 1. The second kappa shape index (κ2) is 10.3. The molecule has 2 atom stereocenters. The molecular weight excluding hydrogens is 432 g/mol. The summed E-state index contributed by atoms with van der Waals surface area (Å²) in [5.74, 6) is -1.78. The van der Waals surface area contributed by atoms with E-state index in [1.54, 1.807) is 0 Å². The Kier molecular flexibility index (Phi) is 7.20. The van der Waals surface area contributed by atoms with Crippen LogP contribution in [0.4, 0.5) is 4.79 Å². The molecule has 1 saturated carbocycles. The van der Waals surface area contributed by atoms with E-state index in [0.29, 0.717) is 12.3 Å². The Balaban J connectivity index is 1.37. The summed E-state index contributed by atoms with van der Waals surface area (Å²) in [6, 6.07) is 15.5. The van der Waals surface area contributed by atoms with Gasteiger partial charge in [-0.2, -0.15) is 0 Å². The molecule has 0 heterocycles. The highest BCUT2D eigenvalue weighted by Gasteiger charge is 2.33. The first kappa shape index (κ1) is 23.8. The quantitative estimate of drug-likeness (QED) is 0.490. The first-order valence-electron chi connectivity index (χ1n) is 12.0. The number of carboxylic acid groups (broad SMARTS) is 1. The van der Waals surface area contributed by atoms with Gasteiger partial charge in [-0.15, -0.1) is 0 Å². The maximum Gasteiger partial charge on any atom is 0.407 e. The van der Waals surface area contributed by atoms with Crippen LogP contribution in [-0.2, 0) is 14.3 Å². The molecule has 3 N–H and O–H groups in total. The van der Waals surface area contributed by atoms with Crippen LogP contribution < -0.4 is 10.6 Å². The lowest BCUT2D eigenvalue weighted by molar-refractivity contribution is -0.143. The van der Waals surface area contributed by atoms with Crippen molar-refractivity contribution in [3.63, 3.8) is 0 Å². The number of nitrogens with one attached hydrogen (secondary N) is 2. The van der Waals surface area contributed by atoms with Gasteiger partial charge in [0.05, 0.1) is 5.92 Å². The molecule has 0 spiro atoms. The van der Waals surface area contributed by atoms with Gasteiger partial charge in [-0.05, 0) is 40.5 Å².